The number of rotatable bonds is 6. The van der Waals surface area contributed by atoms with Crippen LogP contribution in [0.2, 0.25) is 0 Å². The number of ether oxygens (including phenoxy) is 3. The van der Waals surface area contributed by atoms with Crippen LogP contribution in [0.25, 0.3) is 0 Å². The van der Waals surface area contributed by atoms with Crippen LogP contribution in [0.1, 0.15) is 56.9 Å². The molecule has 0 radical (unpaired) electrons. The summed E-state index contributed by atoms with van der Waals surface area (Å²) in [4.78, 5) is 25.9. The summed E-state index contributed by atoms with van der Waals surface area (Å²) in [6, 6.07) is 15.0. The Morgan fingerprint density at radius 2 is 1.98 bits per heavy atom. The number of benzene rings is 2. The van der Waals surface area contributed by atoms with E-state index in [2.05, 4.69) is 6.92 Å². The summed E-state index contributed by atoms with van der Waals surface area (Å²) in [6.45, 7) is 3.79. The first kappa shape index (κ1) is 28.5. The van der Waals surface area contributed by atoms with Gasteiger partial charge in [-0.1, -0.05) is 55.8 Å². The van der Waals surface area contributed by atoms with E-state index >= 15 is 0 Å². The molecule has 1 heterocycles. The molecule has 1 aliphatic heterocycles. The van der Waals surface area contributed by atoms with Gasteiger partial charge in [-0.25, -0.2) is 0 Å². The van der Waals surface area contributed by atoms with Crippen LogP contribution in [0, 0.1) is 28.6 Å². The molecule has 4 N–H and O–H groups in total. The third-order valence-corrected chi connectivity index (χ3v) is 11.4. The standard InChI is InChI=1S/C35H39NO7/c1-33-13-12-23(38)15-22(33)10-11-25-26-16-30-35(29(40)18-37,34(26,2)17-28(39)31(25)33)43-32(42-30)20-7-5-8-24(14-20)41-19-21-6-3-4-9-27(21)36/h3-9,12-15,25-26,28,30-32,37,39H,10-11,16-19,36H2,1-2H3/t25-,26-,28-,30+,31+,32+,33-,34-,35+/m0/s1. The second-order valence-corrected chi connectivity index (χ2v) is 13.4. The summed E-state index contributed by atoms with van der Waals surface area (Å²) in [6.07, 6.45) is 5.73. The summed E-state index contributed by atoms with van der Waals surface area (Å²) >= 11 is 0. The normalized spacial score (nSPS) is 39.3. The summed E-state index contributed by atoms with van der Waals surface area (Å²) in [5.74, 6) is 0.265. The molecular formula is C35H39NO7. The molecule has 226 valence electrons. The van der Waals surface area contributed by atoms with Crippen molar-refractivity contribution in [1.82, 2.24) is 0 Å². The fourth-order valence-electron chi connectivity index (χ4n) is 9.41. The zero-order valence-corrected chi connectivity index (χ0v) is 24.6. The Labute approximate surface area is 251 Å². The molecule has 0 bridgehead atoms. The molecule has 9 atom stereocenters. The van der Waals surface area contributed by atoms with Gasteiger partial charge in [-0.3, -0.25) is 9.59 Å². The van der Waals surface area contributed by atoms with Crippen molar-refractivity contribution in [2.75, 3.05) is 12.3 Å². The summed E-state index contributed by atoms with van der Waals surface area (Å²) in [7, 11) is 0. The molecule has 8 heteroatoms. The summed E-state index contributed by atoms with van der Waals surface area (Å²) in [5, 5.41) is 22.1. The van der Waals surface area contributed by atoms with Crippen molar-refractivity contribution in [3.05, 3.63) is 83.5 Å². The predicted molar refractivity (Wildman–Crippen MR) is 159 cm³/mol. The van der Waals surface area contributed by atoms with E-state index < -0.39 is 47.3 Å². The van der Waals surface area contributed by atoms with Crippen LogP contribution >= 0.6 is 0 Å². The van der Waals surface area contributed by atoms with Gasteiger partial charge in [-0.05, 0) is 67.9 Å². The number of anilines is 1. The number of para-hydroxylation sites is 1. The van der Waals surface area contributed by atoms with Gasteiger partial charge in [0.15, 0.2) is 23.5 Å². The SMILES string of the molecule is C[C@]12C=CC(=O)C=C1CC[C@@H]1[C@@H]2[C@@H](O)C[C@@]2(C)[C@H]1C[C@H]1O[C@@H](c3cccc(OCc4ccccc4N)c3)O[C@]12C(=O)CO. The Hall–Kier alpha value is -3.30. The third kappa shape index (κ3) is 4.10. The molecule has 3 saturated carbocycles. The molecule has 0 amide bonds. The number of ketones is 2. The molecule has 0 unspecified atom stereocenters. The van der Waals surface area contributed by atoms with Crippen molar-refractivity contribution >= 4 is 17.3 Å². The lowest BCUT2D eigenvalue weighted by Gasteiger charge is -2.59. The Morgan fingerprint density at radius 3 is 2.77 bits per heavy atom. The number of hydrogen-bond acceptors (Lipinski definition) is 8. The highest BCUT2D eigenvalue weighted by molar-refractivity contribution is 6.01. The number of nitrogens with two attached hydrogens (primary N) is 1. The van der Waals surface area contributed by atoms with Gasteiger partial charge in [0, 0.05) is 33.6 Å². The Bertz CT molecular complexity index is 1530. The van der Waals surface area contributed by atoms with Gasteiger partial charge in [-0.15, -0.1) is 0 Å². The highest BCUT2D eigenvalue weighted by Gasteiger charge is 2.75. The molecule has 2 aromatic rings. The van der Waals surface area contributed by atoms with Crippen molar-refractivity contribution in [3.8, 4) is 5.75 Å². The minimum absolute atomic E-state index is 0.00420. The average molecular weight is 586 g/mol. The summed E-state index contributed by atoms with van der Waals surface area (Å²) in [5.41, 5.74) is 6.84. The topological polar surface area (TPSA) is 128 Å². The first-order chi connectivity index (χ1) is 20.6. The molecule has 7 rings (SSSR count). The van der Waals surface area contributed by atoms with Crippen LogP contribution in [0.4, 0.5) is 5.69 Å². The first-order valence-electron chi connectivity index (χ1n) is 15.3. The second kappa shape index (κ2) is 10.1. The van der Waals surface area contributed by atoms with Gasteiger partial charge in [0.2, 0.25) is 0 Å². The number of carbonyl (C=O) groups is 2. The largest absolute Gasteiger partial charge is 0.489 e. The molecule has 1 saturated heterocycles. The number of allylic oxidation sites excluding steroid dienone is 4. The zero-order valence-electron chi connectivity index (χ0n) is 24.6. The van der Waals surface area contributed by atoms with Crippen LogP contribution in [0.5, 0.6) is 5.75 Å². The molecule has 4 fully saturated rings. The number of aliphatic hydroxyl groups is 2. The van der Waals surface area contributed by atoms with Crippen molar-refractivity contribution < 1.29 is 34.0 Å². The van der Waals surface area contributed by atoms with Gasteiger partial charge in [-0.2, -0.15) is 0 Å². The van der Waals surface area contributed by atoms with Crippen LogP contribution < -0.4 is 10.5 Å². The Kier molecular flexibility index (Phi) is 6.70. The van der Waals surface area contributed by atoms with Gasteiger partial charge >= 0.3 is 0 Å². The zero-order chi connectivity index (χ0) is 30.1. The number of nitrogen functional groups attached to an aromatic ring is 1. The van der Waals surface area contributed by atoms with E-state index in [1.165, 1.54) is 0 Å². The molecule has 0 aromatic heterocycles. The van der Waals surface area contributed by atoms with Crippen LogP contribution in [-0.2, 0) is 25.7 Å². The maximum atomic E-state index is 13.8. The van der Waals surface area contributed by atoms with Crippen LogP contribution in [0.3, 0.4) is 0 Å². The van der Waals surface area contributed by atoms with Gasteiger partial charge < -0.3 is 30.2 Å². The lowest BCUT2D eigenvalue weighted by atomic mass is 9.46. The monoisotopic (exact) mass is 585 g/mol. The molecular weight excluding hydrogens is 546 g/mol. The number of aliphatic hydroxyl groups excluding tert-OH is 2. The van der Waals surface area contributed by atoms with Gasteiger partial charge in [0.25, 0.3) is 0 Å². The highest BCUT2D eigenvalue weighted by Crippen LogP contribution is 2.70. The van der Waals surface area contributed by atoms with E-state index in [0.29, 0.717) is 36.4 Å². The van der Waals surface area contributed by atoms with Crippen molar-refractivity contribution in [1.29, 1.82) is 0 Å². The lowest BCUT2D eigenvalue weighted by molar-refractivity contribution is -0.201. The highest BCUT2D eigenvalue weighted by atomic mass is 16.7. The van der Waals surface area contributed by atoms with Crippen LogP contribution in [-0.4, -0.2) is 46.2 Å². The second-order valence-electron chi connectivity index (χ2n) is 13.4. The van der Waals surface area contributed by atoms with Gasteiger partial charge in [0.1, 0.15) is 19.0 Å². The van der Waals surface area contributed by atoms with E-state index in [1.54, 1.807) is 12.2 Å². The quantitative estimate of drug-likeness (QED) is 0.425. The number of hydrogen-bond donors (Lipinski definition) is 3. The van der Waals surface area contributed by atoms with E-state index in [9.17, 15) is 19.8 Å². The maximum absolute atomic E-state index is 13.8. The summed E-state index contributed by atoms with van der Waals surface area (Å²) < 4.78 is 19.3. The Morgan fingerprint density at radius 1 is 1.16 bits per heavy atom. The fraction of sp³-hybridized carbons (Fsp3) is 0.486. The van der Waals surface area contributed by atoms with Crippen molar-refractivity contribution in [2.24, 2.45) is 28.6 Å². The molecule has 2 aromatic carbocycles. The minimum Gasteiger partial charge on any atom is -0.489 e. The molecule has 0 spiro atoms. The number of Topliss-reactive ketones (excluding diaryl/α,β-unsaturated/α-hetero) is 1. The Balaban J connectivity index is 1.18. The first-order valence-corrected chi connectivity index (χ1v) is 15.3. The molecule has 8 nitrogen and oxygen atoms in total. The van der Waals surface area contributed by atoms with Crippen molar-refractivity contribution in [2.45, 2.75) is 70.2 Å². The smallest absolute Gasteiger partial charge is 0.193 e. The maximum Gasteiger partial charge on any atom is 0.193 e. The molecule has 5 aliphatic rings. The third-order valence-electron chi connectivity index (χ3n) is 11.4. The average Bonchev–Trinajstić information content (AvgIpc) is 3.50. The number of carbonyl (C=O) groups excluding carboxylic acids is 2. The van der Waals surface area contributed by atoms with Crippen LogP contribution in [0.15, 0.2) is 72.3 Å². The van der Waals surface area contributed by atoms with Crippen molar-refractivity contribution in [3.63, 3.8) is 0 Å². The number of fused-ring (bicyclic) bond motifs is 7. The van der Waals surface area contributed by atoms with E-state index in [-0.39, 0.29) is 23.5 Å². The van der Waals surface area contributed by atoms with Gasteiger partial charge in [0.05, 0.1) is 12.2 Å². The van der Waals surface area contributed by atoms with E-state index in [1.807, 2.05) is 61.5 Å². The molecule has 4 aliphatic carbocycles. The predicted octanol–water partition coefficient (Wildman–Crippen LogP) is 4.45. The van der Waals surface area contributed by atoms with E-state index in [4.69, 9.17) is 19.9 Å². The molecule has 43 heavy (non-hydrogen) atoms. The fourth-order valence-corrected chi connectivity index (χ4v) is 9.41. The van der Waals surface area contributed by atoms with E-state index in [0.717, 1.165) is 24.0 Å². The minimum atomic E-state index is -1.40. The lowest BCUT2D eigenvalue weighted by Crippen LogP contribution is -2.63.